The van der Waals surface area contributed by atoms with Crippen LogP contribution in [0, 0.1) is 5.41 Å². The third-order valence-corrected chi connectivity index (χ3v) is 1.81. The normalized spacial score (nSPS) is 24.0. The van der Waals surface area contributed by atoms with Crippen LogP contribution in [0.4, 0.5) is 0 Å². The molecule has 1 saturated carbocycles. The van der Waals surface area contributed by atoms with Crippen LogP contribution in [-0.4, -0.2) is 12.4 Å². The summed E-state index contributed by atoms with van der Waals surface area (Å²) in [7, 11) is 0. The highest BCUT2D eigenvalue weighted by atomic mass is 14.9. The maximum absolute atomic E-state index is 5.38. The van der Waals surface area contributed by atoms with E-state index >= 15 is 0 Å². The molecule has 1 aliphatic rings. The quantitative estimate of drug-likeness (QED) is 0.437. The molecule has 2 nitrogen and oxygen atoms in total. The summed E-state index contributed by atoms with van der Waals surface area (Å²) in [4.78, 5) is 4.15. The van der Waals surface area contributed by atoms with Crippen molar-refractivity contribution in [1.29, 1.82) is 0 Å². The molecular formula is C7H14N2. The van der Waals surface area contributed by atoms with Crippen molar-refractivity contribution in [2.75, 3.05) is 6.54 Å². The highest BCUT2D eigenvalue weighted by molar-refractivity contribution is 5.77. The van der Waals surface area contributed by atoms with E-state index in [1.54, 1.807) is 0 Å². The van der Waals surface area contributed by atoms with Crippen LogP contribution < -0.4 is 5.73 Å². The minimum Gasteiger partial charge on any atom is -0.388 e. The molecule has 0 aromatic heterocycles. The third kappa shape index (κ3) is 2.04. The van der Waals surface area contributed by atoms with Gasteiger partial charge in [-0.3, -0.25) is 4.99 Å². The summed E-state index contributed by atoms with van der Waals surface area (Å²) in [6.45, 7) is 5.01. The average Bonchev–Trinajstić information content (AvgIpc) is 2.45. The highest BCUT2D eigenvalue weighted by Crippen LogP contribution is 2.44. The van der Waals surface area contributed by atoms with Gasteiger partial charge in [-0.1, -0.05) is 6.92 Å². The molecule has 0 atom stereocenters. The summed E-state index contributed by atoms with van der Waals surface area (Å²) in [5.41, 5.74) is 5.89. The fourth-order valence-electron chi connectivity index (χ4n) is 0.687. The van der Waals surface area contributed by atoms with Gasteiger partial charge in [-0.2, -0.15) is 0 Å². The van der Waals surface area contributed by atoms with Crippen molar-refractivity contribution in [1.82, 2.24) is 0 Å². The highest BCUT2D eigenvalue weighted by Gasteiger charge is 2.36. The summed E-state index contributed by atoms with van der Waals surface area (Å²) in [6, 6.07) is 0. The lowest BCUT2D eigenvalue weighted by atomic mass is 10.1. The zero-order chi connectivity index (χ0) is 6.91. The average molecular weight is 126 g/mol. The molecule has 0 bridgehead atoms. The van der Waals surface area contributed by atoms with Crippen molar-refractivity contribution in [2.24, 2.45) is 16.1 Å². The van der Waals surface area contributed by atoms with E-state index in [0.717, 1.165) is 6.54 Å². The number of nitrogens with two attached hydrogens (primary N) is 1. The molecule has 2 heteroatoms. The molecule has 9 heavy (non-hydrogen) atoms. The lowest BCUT2D eigenvalue weighted by Gasteiger charge is -2.01. The smallest absolute Gasteiger partial charge is 0.0905 e. The van der Waals surface area contributed by atoms with Gasteiger partial charge in [0.25, 0.3) is 0 Å². The summed E-state index contributed by atoms with van der Waals surface area (Å²) in [5, 5.41) is 0. The Kier molecular flexibility index (Phi) is 1.47. The van der Waals surface area contributed by atoms with Gasteiger partial charge in [0.05, 0.1) is 5.84 Å². The largest absolute Gasteiger partial charge is 0.388 e. The van der Waals surface area contributed by atoms with Gasteiger partial charge in [-0.15, -0.1) is 0 Å². The van der Waals surface area contributed by atoms with Gasteiger partial charge in [-0.05, 0) is 25.2 Å². The van der Waals surface area contributed by atoms with Crippen molar-refractivity contribution in [2.45, 2.75) is 26.7 Å². The van der Waals surface area contributed by atoms with Crippen molar-refractivity contribution in [3.8, 4) is 0 Å². The second-order valence-corrected chi connectivity index (χ2v) is 3.27. The van der Waals surface area contributed by atoms with E-state index in [9.17, 15) is 0 Å². The second-order valence-electron chi connectivity index (χ2n) is 3.27. The molecule has 52 valence electrons. The summed E-state index contributed by atoms with van der Waals surface area (Å²) >= 11 is 0. The van der Waals surface area contributed by atoms with Gasteiger partial charge >= 0.3 is 0 Å². The number of nitrogens with zero attached hydrogens (tertiary/aromatic N) is 1. The molecule has 2 N–H and O–H groups in total. The molecular weight excluding hydrogens is 112 g/mol. The van der Waals surface area contributed by atoms with E-state index < -0.39 is 0 Å². The maximum atomic E-state index is 5.38. The Hall–Kier alpha value is -0.530. The van der Waals surface area contributed by atoms with Gasteiger partial charge in [0.2, 0.25) is 0 Å². The molecule has 0 amide bonds. The Morgan fingerprint density at radius 3 is 2.56 bits per heavy atom. The molecule has 0 aliphatic heterocycles. The monoisotopic (exact) mass is 126 g/mol. The second kappa shape index (κ2) is 2.01. The Balaban J connectivity index is 2.27. The number of aliphatic imine (C=N–C) groups is 1. The molecule has 0 spiro atoms. The zero-order valence-electron chi connectivity index (χ0n) is 6.15. The molecule has 0 unspecified atom stereocenters. The third-order valence-electron chi connectivity index (χ3n) is 1.81. The first-order valence-corrected chi connectivity index (χ1v) is 3.39. The van der Waals surface area contributed by atoms with Crippen LogP contribution in [0.25, 0.3) is 0 Å². The molecule has 1 fully saturated rings. The number of rotatable bonds is 2. The van der Waals surface area contributed by atoms with E-state index in [1.165, 1.54) is 12.8 Å². The summed E-state index contributed by atoms with van der Waals surface area (Å²) < 4.78 is 0. The van der Waals surface area contributed by atoms with Gasteiger partial charge in [0.15, 0.2) is 0 Å². The SMILES string of the molecule is CC(N)=NCC1(C)CC1. The van der Waals surface area contributed by atoms with Crippen LogP contribution in [0.1, 0.15) is 26.7 Å². The minimum atomic E-state index is 0.515. The Bertz CT molecular complexity index is 130. The van der Waals surface area contributed by atoms with E-state index in [-0.39, 0.29) is 0 Å². The summed E-state index contributed by atoms with van der Waals surface area (Å²) in [6.07, 6.45) is 2.65. The van der Waals surface area contributed by atoms with Crippen LogP contribution in [0.5, 0.6) is 0 Å². The minimum absolute atomic E-state index is 0.515. The number of amidine groups is 1. The maximum Gasteiger partial charge on any atom is 0.0905 e. The van der Waals surface area contributed by atoms with Crippen molar-refractivity contribution in [3.05, 3.63) is 0 Å². The van der Waals surface area contributed by atoms with E-state index in [4.69, 9.17) is 5.73 Å². The fourth-order valence-corrected chi connectivity index (χ4v) is 0.687. The first-order valence-electron chi connectivity index (χ1n) is 3.39. The van der Waals surface area contributed by atoms with Crippen LogP contribution in [0.2, 0.25) is 0 Å². The van der Waals surface area contributed by atoms with Crippen molar-refractivity contribution < 1.29 is 0 Å². The predicted molar refractivity (Wildman–Crippen MR) is 39.5 cm³/mol. The Morgan fingerprint density at radius 1 is 1.67 bits per heavy atom. The van der Waals surface area contributed by atoms with E-state index in [0.29, 0.717) is 11.3 Å². The first-order chi connectivity index (χ1) is 4.12. The molecule has 0 aromatic carbocycles. The van der Waals surface area contributed by atoms with E-state index in [1.807, 2.05) is 6.92 Å². The standard InChI is InChI=1S/C7H14N2/c1-6(8)9-5-7(2)3-4-7/h3-5H2,1-2H3,(H2,8,9). The van der Waals surface area contributed by atoms with Crippen LogP contribution in [0.3, 0.4) is 0 Å². The molecule has 1 aliphatic carbocycles. The molecule has 0 saturated heterocycles. The number of hydrogen-bond acceptors (Lipinski definition) is 1. The number of hydrogen-bond donors (Lipinski definition) is 1. The van der Waals surface area contributed by atoms with Gasteiger partial charge in [0, 0.05) is 6.54 Å². The lowest BCUT2D eigenvalue weighted by Crippen LogP contribution is -2.09. The molecule has 0 aromatic rings. The van der Waals surface area contributed by atoms with Crippen LogP contribution in [0.15, 0.2) is 4.99 Å². The topological polar surface area (TPSA) is 38.4 Å². The van der Waals surface area contributed by atoms with Crippen molar-refractivity contribution >= 4 is 5.84 Å². The van der Waals surface area contributed by atoms with Crippen LogP contribution in [-0.2, 0) is 0 Å². The van der Waals surface area contributed by atoms with Gasteiger partial charge in [0.1, 0.15) is 0 Å². The predicted octanol–water partition coefficient (Wildman–Crippen LogP) is 1.16. The fraction of sp³-hybridized carbons (Fsp3) is 0.857. The molecule has 0 heterocycles. The molecule has 0 radical (unpaired) electrons. The van der Waals surface area contributed by atoms with Gasteiger partial charge in [-0.25, -0.2) is 0 Å². The lowest BCUT2D eigenvalue weighted by molar-refractivity contribution is 0.589. The zero-order valence-corrected chi connectivity index (χ0v) is 6.15. The molecule has 1 rings (SSSR count). The Morgan fingerprint density at radius 2 is 2.22 bits per heavy atom. The van der Waals surface area contributed by atoms with Crippen molar-refractivity contribution in [3.63, 3.8) is 0 Å². The van der Waals surface area contributed by atoms with Crippen LogP contribution >= 0.6 is 0 Å². The van der Waals surface area contributed by atoms with Gasteiger partial charge < -0.3 is 5.73 Å². The summed E-state index contributed by atoms with van der Waals surface area (Å²) in [5.74, 6) is 0.711. The Labute approximate surface area is 56.2 Å². The first kappa shape index (κ1) is 6.59. The van der Waals surface area contributed by atoms with E-state index in [2.05, 4.69) is 11.9 Å².